The van der Waals surface area contributed by atoms with E-state index in [1.165, 1.54) is 0 Å². The molecule has 0 saturated carbocycles. The van der Waals surface area contributed by atoms with Crippen molar-refractivity contribution in [3.8, 4) is 5.75 Å². The molecule has 5 heteroatoms. The number of carbonyl (C=O) groups is 1. The van der Waals surface area contributed by atoms with Crippen molar-refractivity contribution in [1.29, 1.82) is 0 Å². The molecule has 148 valence electrons. The summed E-state index contributed by atoms with van der Waals surface area (Å²) in [4.78, 5) is 12.0. The van der Waals surface area contributed by atoms with E-state index in [1.807, 2.05) is 38.1 Å². The summed E-state index contributed by atoms with van der Waals surface area (Å²) in [5, 5.41) is 9.73. The van der Waals surface area contributed by atoms with Gasteiger partial charge in [0.15, 0.2) is 0 Å². The largest absolute Gasteiger partial charge is 0.497 e. The van der Waals surface area contributed by atoms with Gasteiger partial charge < -0.3 is 19.3 Å². The van der Waals surface area contributed by atoms with E-state index >= 15 is 0 Å². The van der Waals surface area contributed by atoms with Crippen molar-refractivity contribution >= 4 is 5.97 Å². The minimum atomic E-state index is -0.524. The molecule has 1 aromatic carbocycles. The molecule has 0 spiro atoms. The van der Waals surface area contributed by atoms with Crippen molar-refractivity contribution in [3.63, 3.8) is 0 Å². The zero-order valence-electron chi connectivity index (χ0n) is 16.7. The van der Waals surface area contributed by atoms with Gasteiger partial charge in [-0.05, 0) is 31.0 Å². The molecule has 0 aromatic heterocycles. The van der Waals surface area contributed by atoms with Crippen LogP contribution in [-0.2, 0) is 20.9 Å². The lowest BCUT2D eigenvalue weighted by molar-refractivity contribution is -0.156. The van der Waals surface area contributed by atoms with Gasteiger partial charge in [-0.3, -0.25) is 4.79 Å². The molecule has 0 saturated heterocycles. The highest BCUT2D eigenvalue weighted by Gasteiger charge is 2.23. The first-order valence-electron chi connectivity index (χ1n) is 9.48. The number of carbonyl (C=O) groups excluding carboxylic acids is 1. The van der Waals surface area contributed by atoms with E-state index in [9.17, 15) is 9.90 Å². The van der Waals surface area contributed by atoms with Crippen LogP contribution in [0.4, 0.5) is 0 Å². The van der Waals surface area contributed by atoms with Gasteiger partial charge in [-0.25, -0.2) is 0 Å². The summed E-state index contributed by atoms with van der Waals surface area (Å²) >= 11 is 0. The lowest BCUT2D eigenvalue weighted by atomic mass is 10.0. The molecule has 0 aliphatic heterocycles. The molecule has 3 atom stereocenters. The summed E-state index contributed by atoms with van der Waals surface area (Å²) in [6.45, 7) is 7.93. The summed E-state index contributed by atoms with van der Waals surface area (Å²) in [6.07, 6.45) is 1.99. The lowest BCUT2D eigenvalue weighted by Crippen LogP contribution is -2.30. The van der Waals surface area contributed by atoms with Gasteiger partial charge in [0.2, 0.25) is 0 Å². The maximum absolute atomic E-state index is 12.0. The molecular formula is C21H34O5. The molecule has 0 aliphatic rings. The Balaban J connectivity index is 2.66. The van der Waals surface area contributed by atoms with Gasteiger partial charge >= 0.3 is 5.97 Å². The van der Waals surface area contributed by atoms with Crippen LogP contribution in [0, 0.1) is 5.92 Å². The Labute approximate surface area is 157 Å². The Morgan fingerprint density at radius 3 is 2.23 bits per heavy atom. The van der Waals surface area contributed by atoms with Crippen LogP contribution in [-0.4, -0.2) is 36.5 Å². The summed E-state index contributed by atoms with van der Waals surface area (Å²) in [7, 11) is 1.64. The Hall–Kier alpha value is -1.59. The van der Waals surface area contributed by atoms with E-state index in [0.29, 0.717) is 19.4 Å². The SMILES string of the molecule is CCC[C@H](C[C@H](C[C@@H](C)O)OC(=O)C(C)C)OCc1ccc(OC)cc1. The van der Waals surface area contributed by atoms with E-state index in [-0.39, 0.29) is 24.1 Å². The van der Waals surface area contributed by atoms with Crippen LogP contribution in [0.15, 0.2) is 24.3 Å². The first-order chi connectivity index (χ1) is 12.3. The number of esters is 1. The Morgan fingerprint density at radius 2 is 1.73 bits per heavy atom. The number of hydrogen-bond donors (Lipinski definition) is 1. The molecule has 1 rings (SSSR count). The minimum Gasteiger partial charge on any atom is -0.497 e. The van der Waals surface area contributed by atoms with E-state index < -0.39 is 6.10 Å². The first kappa shape index (κ1) is 22.5. The second kappa shape index (κ2) is 11.9. The second-order valence-corrected chi connectivity index (χ2v) is 7.10. The molecular weight excluding hydrogens is 332 g/mol. The van der Waals surface area contributed by atoms with E-state index in [0.717, 1.165) is 24.2 Å². The Morgan fingerprint density at radius 1 is 1.08 bits per heavy atom. The molecule has 0 aliphatic carbocycles. The van der Waals surface area contributed by atoms with Gasteiger partial charge in [0.1, 0.15) is 11.9 Å². The molecule has 0 radical (unpaired) electrons. The number of ether oxygens (including phenoxy) is 3. The standard InChI is InChI=1S/C21H34O5/c1-6-7-19(25-14-17-8-10-18(24-5)11-9-17)13-20(12-16(4)22)26-21(23)15(2)3/h8-11,15-16,19-20,22H,6-7,12-14H2,1-5H3/t16-,19-,20+/m1/s1. The van der Waals surface area contributed by atoms with Gasteiger partial charge in [-0.2, -0.15) is 0 Å². The van der Waals surface area contributed by atoms with Crippen molar-refractivity contribution in [3.05, 3.63) is 29.8 Å². The van der Waals surface area contributed by atoms with Gasteiger partial charge in [0.25, 0.3) is 0 Å². The topological polar surface area (TPSA) is 65.0 Å². The summed E-state index contributed by atoms with van der Waals surface area (Å²) in [6, 6.07) is 7.78. The average molecular weight is 366 g/mol. The monoisotopic (exact) mass is 366 g/mol. The maximum atomic E-state index is 12.0. The third-order valence-corrected chi connectivity index (χ3v) is 4.14. The van der Waals surface area contributed by atoms with Crippen LogP contribution < -0.4 is 4.74 Å². The van der Waals surface area contributed by atoms with Crippen LogP contribution in [0.1, 0.15) is 58.9 Å². The molecule has 0 bridgehead atoms. The molecule has 0 fully saturated rings. The molecule has 1 aromatic rings. The summed E-state index contributed by atoms with van der Waals surface area (Å²) < 4.78 is 16.8. The van der Waals surface area contributed by atoms with Crippen molar-refractivity contribution in [2.45, 2.75) is 78.3 Å². The van der Waals surface area contributed by atoms with Gasteiger partial charge in [0.05, 0.1) is 31.8 Å². The fourth-order valence-electron chi connectivity index (χ4n) is 2.69. The fraction of sp³-hybridized carbons (Fsp3) is 0.667. The van der Waals surface area contributed by atoms with Crippen molar-refractivity contribution in [1.82, 2.24) is 0 Å². The molecule has 5 nitrogen and oxygen atoms in total. The van der Waals surface area contributed by atoms with Crippen molar-refractivity contribution in [2.24, 2.45) is 5.92 Å². The highest BCUT2D eigenvalue weighted by molar-refractivity contribution is 5.71. The predicted octanol–water partition coefficient (Wildman–Crippen LogP) is 4.11. The van der Waals surface area contributed by atoms with Gasteiger partial charge in [-0.15, -0.1) is 0 Å². The zero-order chi connectivity index (χ0) is 19.5. The number of rotatable bonds is 12. The Kier molecular flexibility index (Phi) is 10.3. The zero-order valence-corrected chi connectivity index (χ0v) is 16.7. The van der Waals surface area contributed by atoms with Crippen LogP contribution in [0.3, 0.4) is 0 Å². The first-order valence-corrected chi connectivity index (χ1v) is 9.48. The maximum Gasteiger partial charge on any atom is 0.308 e. The van der Waals surface area contributed by atoms with Gasteiger partial charge in [0, 0.05) is 12.8 Å². The fourth-order valence-corrected chi connectivity index (χ4v) is 2.69. The second-order valence-electron chi connectivity index (χ2n) is 7.10. The minimum absolute atomic E-state index is 0.0224. The molecule has 26 heavy (non-hydrogen) atoms. The summed E-state index contributed by atoms with van der Waals surface area (Å²) in [5.41, 5.74) is 1.07. The Bertz CT molecular complexity index is 510. The molecule has 0 amide bonds. The van der Waals surface area contributed by atoms with Crippen LogP contribution >= 0.6 is 0 Å². The van der Waals surface area contributed by atoms with Crippen LogP contribution in [0.5, 0.6) is 5.75 Å². The number of hydrogen-bond acceptors (Lipinski definition) is 5. The quantitative estimate of drug-likeness (QED) is 0.564. The number of aliphatic hydroxyl groups excluding tert-OH is 1. The normalized spacial score (nSPS) is 14.7. The van der Waals surface area contributed by atoms with Crippen molar-refractivity contribution in [2.75, 3.05) is 7.11 Å². The van der Waals surface area contributed by atoms with E-state index in [2.05, 4.69) is 6.92 Å². The van der Waals surface area contributed by atoms with Crippen molar-refractivity contribution < 1.29 is 24.1 Å². The summed E-state index contributed by atoms with van der Waals surface area (Å²) in [5.74, 6) is 0.397. The molecule has 0 heterocycles. The number of aliphatic hydroxyl groups is 1. The molecule has 1 N–H and O–H groups in total. The highest BCUT2D eigenvalue weighted by Crippen LogP contribution is 2.20. The highest BCUT2D eigenvalue weighted by atomic mass is 16.5. The van der Waals surface area contributed by atoms with Gasteiger partial charge in [-0.1, -0.05) is 39.3 Å². The van der Waals surface area contributed by atoms with E-state index in [1.54, 1.807) is 14.0 Å². The smallest absolute Gasteiger partial charge is 0.308 e. The molecule has 0 unspecified atom stereocenters. The average Bonchev–Trinajstić information content (AvgIpc) is 2.59. The van der Waals surface area contributed by atoms with Crippen LogP contribution in [0.25, 0.3) is 0 Å². The van der Waals surface area contributed by atoms with Crippen LogP contribution in [0.2, 0.25) is 0 Å². The lowest BCUT2D eigenvalue weighted by Gasteiger charge is -2.25. The van der Waals surface area contributed by atoms with E-state index in [4.69, 9.17) is 14.2 Å². The number of benzene rings is 1. The third kappa shape index (κ3) is 8.68. The third-order valence-electron chi connectivity index (χ3n) is 4.14. The number of methoxy groups -OCH3 is 1. The predicted molar refractivity (Wildman–Crippen MR) is 102 cm³/mol.